The van der Waals surface area contributed by atoms with Crippen LogP contribution in [0.3, 0.4) is 0 Å². The fourth-order valence-corrected chi connectivity index (χ4v) is 2.63. The minimum absolute atomic E-state index is 0.0950. The summed E-state index contributed by atoms with van der Waals surface area (Å²) in [5.41, 5.74) is 1.41. The molecule has 0 unspecified atom stereocenters. The van der Waals surface area contributed by atoms with Gasteiger partial charge in [-0.05, 0) is 41.9 Å². The van der Waals surface area contributed by atoms with E-state index in [1.807, 2.05) is 0 Å². The minimum atomic E-state index is -2.96. The first-order chi connectivity index (χ1) is 11.3. The van der Waals surface area contributed by atoms with Crippen LogP contribution in [0.1, 0.15) is 23.1 Å². The molecule has 1 heterocycles. The summed E-state index contributed by atoms with van der Waals surface area (Å²) in [4.78, 5) is 12.4. The number of hydrogen-bond donors (Lipinski definition) is 1. The van der Waals surface area contributed by atoms with Gasteiger partial charge in [0.1, 0.15) is 5.69 Å². The summed E-state index contributed by atoms with van der Waals surface area (Å²) in [6, 6.07) is 4.20. The van der Waals surface area contributed by atoms with Gasteiger partial charge in [0, 0.05) is 18.8 Å². The van der Waals surface area contributed by atoms with Crippen molar-refractivity contribution in [3.05, 3.63) is 34.1 Å². The zero-order chi connectivity index (χ0) is 17.9. The molecule has 0 aliphatic carbocycles. The Labute approximate surface area is 145 Å². The number of carbonyl (C=O) groups is 1. The van der Waals surface area contributed by atoms with Gasteiger partial charge < -0.3 is 14.8 Å². The zero-order valence-corrected chi connectivity index (χ0v) is 14.9. The first-order valence-corrected chi connectivity index (χ1v) is 7.84. The third-order valence-electron chi connectivity index (χ3n) is 3.08. The molecule has 1 aromatic carbocycles. The highest BCUT2D eigenvalue weighted by Crippen LogP contribution is 2.32. The quantitative estimate of drug-likeness (QED) is 0.797. The van der Waals surface area contributed by atoms with Crippen LogP contribution >= 0.6 is 15.9 Å². The number of halogens is 3. The monoisotopic (exact) mass is 403 g/mol. The van der Waals surface area contributed by atoms with Crippen molar-refractivity contribution in [1.82, 2.24) is 9.78 Å². The second kappa shape index (κ2) is 7.61. The van der Waals surface area contributed by atoms with E-state index in [1.54, 1.807) is 20.9 Å². The number of amides is 1. The molecule has 1 aromatic heterocycles. The largest absolute Gasteiger partial charge is 0.490 e. The highest BCUT2D eigenvalue weighted by Gasteiger charge is 2.19. The van der Waals surface area contributed by atoms with Crippen molar-refractivity contribution in [1.29, 1.82) is 0 Å². The molecule has 130 valence electrons. The van der Waals surface area contributed by atoms with Crippen LogP contribution in [0.2, 0.25) is 0 Å². The Hall–Kier alpha value is -2.16. The fraction of sp³-hybridized carbons (Fsp3) is 0.333. The molecule has 0 spiro atoms. The topological polar surface area (TPSA) is 65.4 Å². The Morgan fingerprint density at radius 3 is 2.67 bits per heavy atom. The minimum Gasteiger partial charge on any atom is -0.490 e. The number of aromatic nitrogens is 2. The molecule has 0 fully saturated rings. The van der Waals surface area contributed by atoms with Crippen molar-refractivity contribution in [3.63, 3.8) is 0 Å². The highest BCUT2D eigenvalue weighted by molar-refractivity contribution is 9.10. The molecule has 0 saturated carbocycles. The van der Waals surface area contributed by atoms with Crippen molar-refractivity contribution in [2.45, 2.75) is 20.5 Å². The summed E-state index contributed by atoms with van der Waals surface area (Å²) in [5, 5.41) is 6.83. The molecule has 1 N–H and O–H groups in total. The van der Waals surface area contributed by atoms with Crippen molar-refractivity contribution in [2.24, 2.45) is 7.05 Å². The van der Waals surface area contributed by atoms with Crippen LogP contribution in [0.25, 0.3) is 0 Å². The average Bonchev–Trinajstić information content (AvgIpc) is 2.74. The maximum absolute atomic E-state index is 12.4. The van der Waals surface area contributed by atoms with Crippen LogP contribution in [-0.2, 0) is 7.05 Å². The van der Waals surface area contributed by atoms with Gasteiger partial charge in [-0.3, -0.25) is 9.48 Å². The Morgan fingerprint density at radius 1 is 1.42 bits per heavy atom. The van der Waals surface area contributed by atoms with Gasteiger partial charge in [-0.15, -0.1) is 0 Å². The molecule has 0 aliphatic rings. The van der Waals surface area contributed by atoms with Crippen molar-refractivity contribution in [2.75, 3.05) is 11.9 Å². The molecule has 0 radical (unpaired) electrons. The predicted octanol–water partition coefficient (Wildman–Crippen LogP) is 3.74. The zero-order valence-electron chi connectivity index (χ0n) is 13.3. The molecule has 2 aromatic rings. The van der Waals surface area contributed by atoms with Crippen molar-refractivity contribution in [3.8, 4) is 11.5 Å². The summed E-state index contributed by atoms with van der Waals surface area (Å²) in [5.74, 6) is -0.367. The second-order valence-electron chi connectivity index (χ2n) is 4.80. The molecule has 2 rings (SSSR count). The number of aryl methyl sites for hydroxylation is 2. The van der Waals surface area contributed by atoms with E-state index in [2.05, 4.69) is 31.1 Å². The molecule has 0 aliphatic heterocycles. The van der Waals surface area contributed by atoms with Crippen LogP contribution in [0.5, 0.6) is 11.5 Å². The SMILES string of the molecule is CCOc1cc(NC(=O)c2c(Br)c(C)nn2C)ccc1OC(F)F. The number of nitrogens with zero attached hydrogens (tertiary/aromatic N) is 2. The number of carbonyl (C=O) groups excluding carboxylic acids is 1. The van der Waals surface area contributed by atoms with E-state index in [9.17, 15) is 13.6 Å². The summed E-state index contributed by atoms with van der Waals surface area (Å²) in [6.07, 6.45) is 0. The van der Waals surface area contributed by atoms with Gasteiger partial charge >= 0.3 is 6.61 Å². The van der Waals surface area contributed by atoms with E-state index in [1.165, 1.54) is 22.9 Å². The normalized spacial score (nSPS) is 10.8. The molecule has 0 atom stereocenters. The molecular formula is C15H16BrF2N3O3. The Morgan fingerprint density at radius 2 is 2.12 bits per heavy atom. The second-order valence-corrected chi connectivity index (χ2v) is 5.59. The number of anilines is 1. The fourth-order valence-electron chi connectivity index (χ4n) is 2.12. The lowest BCUT2D eigenvalue weighted by Crippen LogP contribution is -2.17. The smallest absolute Gasteiger partial charge is 0.387 e. The van der Waals surface area contributed by atoms with E-state index in [0.29, 0.717) is 21.5 Å². The molecule has 9 heteroatoms. The van der Waals surface area contributed by atoms with E-state index >= 15 is 0 Å². The van der Waals surface area contributed by atoms with Gasteiger partial charge in [0.25, 0.3) is 5.91 Å². The summed E-state index contributed by atoms with van der Waals surface area (Å²) in [6.45, 7) is 0.791. The first kappa shape index (κ1) is 18.2. The maximum atomic E-state index is 12.4. The van der Waals surface area contributed by atoms with Crippen LogP contribution in [-0.4, -0.2) is 28.9 Å². The predicted molar refractivity (Wildman–Crippen MR) is 87.8 cm³/mol. The molecular weight excluding hydrogens is 388 g/mol. The third-order valence-corrected chi connectivity index (χ3v) is 4.03. The summed E-state index contributed by atoms with van der Waals surface area (Å²) >= 11 is 3.32. The van der Waals surface area contributed by atoms with Gasteiger partial charge in [0.05, 0.1) is 16.8 Å². The van der Waals surface area contributed by atoms with Crippen LogP contribution < -0.4 is 14.8 Å². The average molecular weight is 404 g/mol. The van der Waals surface area contributed by atoms with Gasteiger partial charge in [0.2, 0.25) is 0 Å². The standard InChI is InChI=1S/C15H16BrF2N3O3/c1-4-23-11-7-9(5-6-10(11)24-15(17)18)19-14(22)13-12(16)8(2)20-21(13)3/h5-7,15H,4H2,1-3H3,(H,19,22). The number of ether oxygens (including phenoxy) is 2. The first-order valence-electron chi connectivity index (χ1n) is 7.05. The lowest BCUT2D eigenvalue weighted by Gasteiger charge is -2.13. The summed E-state index contributed by atoms with van der Waals surface area (Å²) < 4.78 is 36.5. The van der Waals surface area contributed by atoms with Gasteiger partial charge in [-0.2, -0.15) is 13.9 Å². The van der Waals surface area contributed by atoms with Gasteiger partial charge in [0.15, 0.2) is 11.5 Å². The highest BCUT2D eigenvalue weighted by atomic mass is 79.9. The molecule has 1 amide bonds. The lowest BCUT2D eigenvalue weighted by atomic mass is 10.2. The van der Waals surface area contributed by atoms with Gasteiger partial charge in [-0.25, -0.2) is 0 Å². The van der Waals surface area contributed by atoms with E-state index < -0.39 is 12.5 Å². The van der Waals surface area contributed by atoms with Crippen molar-refractivity contribution >= 4 is 27.5 Å². The Balaban J connectivity index is 2.26. The van der Waals surface area contributed by atoms with Crippen LogP contribution in [0, 0.1) is 6.92 Å². The van der Waals surface area contributed by atoms with E-state index in [-0.39, 0.29) is 18.1 Å². The Bertz CT molecular complexity index is 750. The molecule has 0 bridgehead atoms. The Kier molecular flexibility index (Phi) is 5.76. The lowest BCUT2D eigenvalue weighted by molar-refractivity contribution is -0.0514. The number of alkyl halides is 2. The number of hydrogen-bond acceptors (Lipinski definition) is 4. The van der Waals surface area contributed by atoms with E-state index in [4.69, 9.17) is 4.74 Å². The molecule has 6 nitrogen and oxygen atoms in total. The van der Waals surface area contributed by atoms with Crippen molar-refractivity contribution < 1.29 is 23.0 Å². The van der Waals surface area contributed by atoms with Gasteiger partial charge in [-0.1, -0.05) is 0 Å². The third kappa shape index (κ3) is 4.02. The maximum Gasteiger partial charge on any atom is 0.387 e. The number of nitrogens with one attached hydrogen (secondary N) is 1. The molecule has 24 heavy (non-hydrogen) atoms. The molecule has 0 saturated heterocycles. The number of rotatable bonds is 6. The number of benzene rings is 1. The summed E-state index contributed by atoms with van der Waals surface area (Å²) in [7, 11) is 1.65. The van der Waals surface area contributed by atoms with Crippen LogP contribution in [0.15, 0.2) is 22.7 Å². The van der Waals surface area contributed by atoms with Crippen LogP contribution in [0.4, 0.5) is 14.5 Å². The van der Waals surface area contributed by atoms with E-state index in [0.717, 1.165) is 0 Å².